The molecule has 0 fully saturated rings. The SMILES string of the molecule is CNC(CCc1cccs1)c1cc(F)cc(Br)c1. The first-order valence-electron chi connectivity index (χ1n) is 5.84. The van der Waals surface area contributed by atoms with Crippen LogP contribution >= 0.6 is 27.3 Å². The predicted molar refractivity (Wildman–Crippen MR) is 78.5 cm³/mol. The Kier molecular flexibility index (Phi) is 4.92. The summed E-state index contributed by atoms with van der Waals surface area (Å²) < 4.78 is 14.2. The predicted octanol–water partition coefficient (Wildman–Crippen LogP) is 4.54. The summed E-state index contributed by atoms with van der Waals surface area (Å²) in [5, 5.41) is 5.34. The molecule has 1 nitrogen and oxygen atoms in total. The zero-order valence-corrected chi connectivity index (χ0v) is 12.5. The summed E-state index contributed by atoms with van der Waals surface area (Å²) in [4.78, 5) is 1.37. The van der Waals surface area contributed by atoms with Gasteiger partial charge in [-0.05, 0) is 55.1 Å². The van der Waals surface area contributed by atoms with E-state index in [0.717, 1.165) is 22.9 Å². The summed E-state index contributed by atoms with van der Waals surface area (Å²) in [6.45, 7) is 0. The zero-order valence-electron chi connectivity index (χ0n) is 10.1. The Morgan fingerprint density at radius 2 is 2.22 bits per heavy atom. The first kappa shape index (κ1) is 13.7. The molecule has 96 valence electrons. The van der Waals surface area contributed by atoms with Gasteiger partial charge in [-0.2, -0.15) is 0 Å². The Labute approximate surface area is 119 Å². The number of rotatable bonds is 5. The van der Waals surface area contributed by atoms with Crippen LogP contribution in [0.2, 0.25) is 0 Å². The Morgan fingerprint density at radius 1 is 1.39 bits per heavy atom. The van der Waals surface area contributed by atoms with Crippen LogP contribution in [0.25, 0.3) is 0 Å². The summed E-state index contributed by atoms with van der Waals surface area (Å²) in [6.07, 6.45) is 1.98. The Bertz CT molecular complexity index is 478. The maximum atomic E-state index is 13.4. The second-order valence-electron chi connectivity index (χ2n) is 4.16. The fourth-order valence-corrected chi connectivity index (χ4v) is 3.20. The van der Waals surface area contributed by atoms with E-state index in [-0.39, 0.29) is 11.9 Å². The molecule has 0 radical (unpaired) electrons. The lowest BCUT2D eigenvalue weighted by atomic mass is 10.0. The van der Waals surface area contributed by atoms with Crippen LogP contribution in [0, 0.1) is 5.82 Å². The number of benzene rings is 1. The third kappa shape index (κ3) is 3.64. The number of halogens is 2. The molecule has 0 saturated heterocycles. The molecule has 0 bridgehead atoms. The second kappa shape index (κ2) is 6.45. The van der Waals surface area contributed by atoms with Crippen LogP contribution in [0.5, 0.6) is 0 Å². The molecule has 1 unspecified atom stereocenters. The zero-order chi connectivity index (χ0) is 13.0. The Hall–Kier alpha value is -0.710. The van der Waals surface area contributed by atoms with E-state index in [1.165, 1.54) is 10.9 Å². The molecule has 1 heterocycles. The molecule has 1 aromatic carbocycles. The van der Waals surface area contributed by atoms with Gasteiger partial charge in [-0.3, -0.25) is 0 Å². The van der Waals surface area contributed by atoms with Gasteiger partial charge < -0.3 is 5.32 Å². The lowest BCUT2D eigenvalue weighted by Gasteiger charge is -2.16. The van der Waals surface area contributed by atoms with Crippen molar-refractivity contribution >= 4 is 27.3 Å². The average Bonchev–Trinajstić information content (AvgIpc) is 2.81. The van der Waals surface area contributed by atoms with Crippen molar-refractivity contribution in [1.29, 1.82) is 0 Å². The number of hydrogen-bond acceptors (Lipinski definition) is 2. The minimum absolute atomic E-state index is 0.180. The number of aryl methyl sites for hydroxylation is 1. The van der Waals surface area contributed by atoms with Crippen molar-refractivity contribution in [3.8, 4) is 0 Å². The van der Waals surface area contributed by atoms with E-state index in [1.54, 1.807) is 17.4 Å². The molecular weight excluding hydrogens is 313 g/mol. The topological polar surface area (TPSA) is 12.0 Å². The smallest absolute Gasteiger partial charge is 0.124 e. The van der Waals surface area contributed by atoms with Gasteiger partial charge >= 0.3 is 0 Å². The van der Waals surface area contributed by atoms with Gasteiger partial charge in [0.15, 0.2) is 0 Å². The summed E-state index contributed by atoms with van der Waals surface area (Å²) in [5.74, 6) is -0.198. The van der Waals surface area contributed by atoms with E-state index in [9.17, 15) is 4.39 Å². The highest BCUT2D eigenvalue weighted by atomic mass is 79.9. The van der Waals surface area contributed by atoms with Crippen LogP contribution in [0.4, 0.5) is 4.39 Å². The van der Waals surface area contributed by atoms with Gasteiger partial charge in [0, 0.05) is 15.4 Å². The van der Waals surface area contributed by atoms with Gasteiger partial charge in [-0.1, -0.05) is 22.0 Å². The first-order valence-corrected chi connectivity index (χ1v) is 7.52. The maximum absolute atomic E-state index is 13.4. The Morgan fingerprint density at radius 3 is 2.83 bits per heavy atom. The lowest BCUT2D eigenvalue weighted by molar-refractivity contribution is 0.543. The highest BCUT2D eigenvalue weighted by Gasteiger charge is 2.11. The highest BCUT2D eigenvalue weighted by molar-refractivity contribution is 9.10. The van der Waals surface area contributed by atoms with E-state index >= 15 is 0 Å². The van der Waals surface area contributed by atoms with E-state index in [2.05, 4.69) is 38.8 Å². The largest absolute Gasteiger partial charge is 0.313 e. The fourth-order valence-electron chi connectivity index (χ4n) is 2.00. The third-order valence-electron chi connectivity index (χ3n) is 2.90. The van der Waals surface area contributed by atoms with Crippen molar-refractivity contribution in [2.75, 3.05) is 7.05 Å². The molecule has 1 N–H and O–H groups in total. The van der Waals surface area contributed by atoms with Crippen molar-refractivity contribution in [2.45, 2.75) is 18.9 Å². The summed E-state index contributed by atoms with van der Waals surface area (Å²) in [6, 6.07) is 9.43. The number of nitrogens with one attached hydrogen (secondary N) is 1. The molecule has 0 aliphatic heterocycles. The van der Waals surface area contributed by atoms with Crippen LogP contribution in [0.1, 0.15) is 22.9 Å². The van der Waals surface area contributed by atoms with E-state index in [1.807, 2.05) is 13.1 Å². The van der Waals surface area contributed by atoms with Crippen LogP contribution in [-0.4, -0.2) is 7.05 Å². The summed E-state index contributed by atoms with van der Waals surface area (Å²) in [5.41, 5.74) is 0.987. The van der Waals surface area contributed by atoms with Crippen molar-refractivity contribution in [3.05, 3.63) is 56.4 Å². The summed E-state index contributed by atoms with van der Waals surface area (Å²) in [7, 11) is 1.91. The molecule has 2 aromatic rings. The van der Waals surface area contributed by atoms with Crippen molar-refractivity contribution in [3.63, 3.8) is 0 Å². The van der Waals surface area contributed by atoms with Crippen LogP contribution < -0.4 is 5.32 Å². The molecule has 0 amide bonds. The second-order valence-corrected chi connectivity index (χ2v) is 6.11. The molecule has 4 heteroatoms. The lowest BCUT2D eigenvalue weighted by Crippen LogP contribution is -2.17. The highest BCUT2D eigenvalue weighted by Crippen LogP contribution is 2.24. The molecule has 2 rings (SSSR count). The third-order valence-corrected chi connectivity index (χ3v) is 4.29. The molecule has 0 aliphatic carbocycles. The normalized spacial score (nSPS) is 12.6. The molecule has 0 saturated carbocycles. The number of thiophene rings is 1. The first-order chi connectivity index (χ1) is 8.69. The van der Waals surface area contributed by atoms with E-state index < -0.39 is 0 Å². The van der Waals surface area contributed by atoms with Crippen LogP contribution in [0.15, 0.2) is 40.2 Å². The van der Waals surface area contributed by atoms with Crippen LogP contribution in [-0.2, 0) is 6.42 Å². The molecule has 0 spiro atoms. The minimum atomic E-state index is -0.198. The van der Waals surface area contributed by atoms with Gasteiger partial charge in [0.05, 0.1) is 0 Å². The molecular formula is C14H15BrFNS. The fraction of sp³-hybridized carbons (Fsp3) is 0.286. The van der Waals surface area contributed by atoms with Gasteiger partial charge in [0.2, 0.25) is 0 Å². The van der Waals surface area contributed by atoms with E-state index in [0.29, 0.717) is 0 Å². The maximum Gasteiger partial charge on any atom is 0.124 e. The van der Waals surface area contributed by atoms with Crippen molar-refractivity contribution < 1.29 is 4.39 Å². The van der Waals surface area contributed by atoms with Gasteiger partial charge in [0.1, 0.15) is 5.82 Å². The van der Waals surface area contributed by atoms with Gasteiger partial charge in [-0.25, -0.2) is 4.39 Å². The Balaban J connectivity index is 2.07. The van der Waals surface area contributed by atoms with Gasteiger partial charge in [0.25, 0.3) is 0 Å². The minimum Gasteiger partial charge on any atom is -0.313 e. The molecule has 1 aromatic heterocycles. The quantitative estimate of drug-likeness (QED) is 0.849. The van der Waals surface area contributed by atoms with Gasteiger partial charge in [-0.15, -0.1) is 11.3 Å². The van der Waals surface area contributed by atoms with Crippen molar-refractivity contribution in [2.24, 2.45) is 0 Å². The monoisotopic (exact) mass is 327 g/mol. The molecule has 1 atom stereocenters. The summed E-state index contributed by atoms with van der Waals surface area (Å²) >= 11 is 5.10. The van der Waals surface area contributed by atoms with Crippen LogP contribution in [0.3, 0.4) is 0 Å². The van der Waals surface area contributed by atoms with Crippen molar-refractivity contribution in [1.82, 2.24) is 5.32 Å². The molecule has 0 aliphatic rings. The molecule has 18 heavy (non-hydrogen) atoms. The number of hydrogen-bond donors (Lipinski definition) is 1. The standard InChI is InChI=1S/C14H15BrFNS/c1-17-14(5-4-13-3-2-6-18-13)10-7-11(15)9-12(16)8-10/h2-3,6-9,14,17H,4-5H2,1H3. The van der Waals surface area contributed by atoms with E-state index in [4.69, 9.17) is 0 Å². The average molecular weight is 328 g/mol.